The van der Waals surface area contributed by atoms with Gasteiger partial charge in [-0.05, 0) is 44.1 Å². The number of azo groups is 1. The molecule has 0 aliphatic carbocycles. The van der Waals surface area contributed by atoms with E-state index in [9.17, 15) is 9.59 Å². The molecule has 1 aromatic heterocycles. The largest absolute Gasteiger partial charge is 0.356 e. The lowest BCUT2D eigenvalue weighted by Crippen LogP contribution is -2.28. The number of rotatable bonds is 13. The van der Waals surface area contributed by atoms with E-state index in [4.69, 9.17) is 0 Å². The van der Waals surface area contributed by atoms with Crippen molar-refractivity contribution in [1.29, 1.82) is 0 Å². The second kappa shape index (κ2) is 12.1. The zero-order valence-electron chi connectivity index (χ0n) is 17.7. The number of amides is 2. The van der Waals surface area contributed by atoms with Crippen LogP contribution in [0.5, 0.6) is 0 Å². The van der Waals surface area contributed by atoms with Gasteiger partial charge in [-0.2, -0.15) is 10.2 Å². The van der Waals surface area contributed by atoms with Crippen LogP contribution < -0.4 is 10.6 Å². The Bertz CT molecular complexity index is 726. The monoisotopic (exact) mass is 403 g/mol. The van der Waals surface area contributed by atoms with Gasteiger partial charge in [0.25, 0.3) is 0 Å². The highest BCUT2D eigenvalue weighted by molar-refractivity contribution is 5.77. The van der Waals surface area contributed by atoms with Gasteiger partial charge >= 0.3 is 0 Å². The minimum atomic E-state index is -0.122. The van der Waals surface area contributed by atoms with Gasteiger partial charge in [-0.1, -0.05) is 25.5 Å². The summed E-state index contributed by atoms with van der Waals surface area (Å²) >= 11 is 0. The van der Waals surface area contributed by atoms with Crippen molar-refractivity contribution >= 4 is 11.8 Å². The molecule has 2 N–H and O–H groups in total. The molecule has 9 nitrogen and oxygen atoms in total. The molecule has 9 heteroatoms. The Kier molecular flexibility index (Phi) is 9.46. The van der Waals surface area contributed by atoms with Crippen LogP contribution >= 0.6 is 0 Å². The number of hydrogen-bond donors (Lipinski definition) is 2. The van der Waals surface area contributed by atoms with E-state index in [0.29, 0.717) is 25.4 Å². The number of aryl methyl sites for hydroxylation is 1. The normalized spacial score (nSPS) is 16.5. The molecule has 2 heterocycles. The van der Waals surface area contributed by atoms with Gasteiger partial charge in [0.1, 0.15) is 12.6 Å². The smallest absolute Gasteiger partial charge is 0.241 e. The predicted octanol–water partition coefficient (Wildman–Crippen LogP) is 2.40. The summed E-state index contributed by atoms with van der Waals surface area (Å²) in [6.07, 6.45) is 8.67. The van der Waals surface area contributed by atoms with Crippen molar-refractivity contribution in [3.63, 3.8) is 0 Å². The first-order valence-electron chi connectivity index (χ1n) is 10.5. The highest BCUT2D eigenvalue weighted by Gasteiger charge is 2.22. The Hall–Kier alpha value is -2.58. The molecule has 0 saturated heterocycles. The fourth-order valence-electron chi connectivity index (χ4n) is 3.29. The van der Waals surface area contributed by atoms with Crippen LogP contribution in [0.15, 0.2) is 28.2 Å². The highest BCUT2D eigenvalue weighted by atomic mass is 16.2. The van der Waals surface area contributed by atoms with E-state index in [1.54, 1.807) is 10.9 Å². The lowest BCUT2D eigenvalue weighted by molar-refractivity contribution is -0.122. The molecule has 0 bridgehead atoms. The van der Waals surface area contributed by atoms with E-state index in [2.05, 4.69) is 38.1 Å². The first-order valence-corrected chi connectivity index (χ1v) is 10.5. The molecule has 2 rings (SSSR count). The number of nitrogens with one attached hydrogen (secondary N) is 2. The first kappa shape index (κ1) is 22.7. The molecule has 1 aromatic rings. The molecule has 0 spiro atoms. The van der Waals surface area contributed by atoms with Gasteiger partial charge in [-0.15, -0.1) is 5.10 Å². The van der Waals surface area contributed by atoms with Gasteiger partial charge in [0, 0.05) is 19.3 Å². The van der Waals surface area contributed by atoms with Gasteiger partial charge < -0.3 is 10.6 Å². The van der Waals surface area contributed by atoms with Crippen molar-refractivity contribution in [2.24, 2.45) is 16.1 Å². The number of carbonyl (C=O) groups is 2. The molecule has 0 fully saturated rings. The minimum Gasteiger partial charge on any atom is -0.356 e. The van der Waals surface area contributed by atoms with Crippen LogP contribution in [0.1, 0.15) is 58.6 Å². The second-order valence-corrected chi connectivity index (χ2v) is 7.57. The standard InChI is InChI=1S/C20H33N7O2/c1-4-9-22-20(29)14-27-13-17(24-26-27)8-6-7-15(3)10-16-12-23-25-18(16)11-19(28)21-5-2/h12-13,15,18H,4-11,14H2,1-3H3,(H,21,28)(H,22,29). The van der Waals surface area contributed by atoms with Crippen molar-refractivity contribution in [3.05, 3.63) is 23.7 Å². The SMILES string of the molecule is CCCNC(=O)Cn1cc(CCCC(C)CC2=CN=NC2CC(=O)NCC)nn1. The van der Waals surface area contributed by atoms with Gasteiger partial charge in [-0.3, -0.25) is 9.59 Å². The lowest BCUT2D eigenvalue weighted by atomic mass is 9.91. The van der Waals surface area contributed by atoms with E-state index >= 15 is 0 Å². The van der Waals surface area contributed by atoms with Crippen LogP contribution in [0.3, 0.4) is 0 Å². The summed E-state index contributed by atoms with van der Waals surface area (Å²) in [6, 6.07) is -0.122. The fraction of sp³-hybridized carbons (Fsp3) is 0.700. The van der Waals surface area contributed by atoms with Crippen LogP contribution in [-0.2, 0) is 22.6 Å². The quantitative estimate of drug-likeness (QED) is 0.526. The maximum atomic E-state index is 11.8. The molecular weight excluding hydrogens is 370 g/mol. The maximum Gasteiger partial charge on any atom is 0.241 e. The van der Waals surface area contributed by atoms with Crippen molar-refractivity contribution in [1.82, 2.24) is 25.6 Å². The molecule has 29 heavy (non-hydrogen) atoms. The summed E-state index contributed by atoms with van der Waals surface area (Å²) in [5.41, 5.74) is 2.03. The number of hydrogen-bond acceptors (Lipinski definition) is 6. The number of nitrogens with zero attached hydrogens (tertiary/aromatic N) is 5. The molecule has 1 aliphatic heterocycles. The van der Waals surface area contributed by atoms with E-state index in [0.717, 1.165) is 43.4 Å². The fourth-order valence-corrected chi connectivity index (χ4v) is 3.29. The molecule has 0 radical (unpaired) electrons. The number of aromatic nitrogens is 3. The minimum absolute atomic E-state index is 0.0170. The third-order valence-corrected chi connectivity index (χ3v) is 4.79. The van der Waals surface area contributed by atoms with Gasteiger partial charge in [-0.25, -0.2) is 4.68 Å². The summed E-state index contributed by atoms with van der Waals surface area (Å²) in [4.78, 5) is 23.5. The van der Waals surface area contributed by atoms with Crippen molar-refractivity contribution in [2.75, 3.05) is 13.1 Å². The first-order chi connectivity index (χ1) is 14.0. The van der Waals surface area contributed by atoms with Crippen molar-refractivity contribution in [3.8, 4) is 0 Å². The second-order valence-electron chi connectivity index (χ2n) is 7.57. The van der Waals surface area contributed by atoms with Crippen LogP contribution in [0.25, 0.3) is 0 Å². The average Bonchev–Trinajstić information content (AvgIpc) is 3.30. The third-order valence-electron chi connectivity index (χ3n) is 4.79. The van der Waals surface area contributed by atoms with Gasteiger partial charge in [0.2, 0.25) is 11.8 Å². The van der Waals surface area contributed by atoms with E-state index < -0.39 is 0 Å². The summed E-state index contributed by atoms with van der Waals surface area (Å²) < 4.78 is 1.59. The summed E-state index contributed by atoms with van der Waals surface area (Å²) in [5.74, 6) is 0.444. The predicted molar refractivity (Wildman–Crippen MR) is 110 cm³/mol. The van der Waals surface area contributed by atoms with Crippen LogP contribution in [0, 0.1) is 5.92 Å². The van der Waals surface area contributed by atoms with Crippen LogP contribution in [-0.4, -0.2) is 45.9 Å². The third kappa shape index (κ3) is 8.13. The maximum absolute atomic E-state index is 11.8. The topological polar surface area (TPSA) is 114 Å². The molecule has 2 amide bonds. The Labute approximate surface area is 172 Å². The lowest BCUT2D eigenvalue weighted by Gasteiger charge is -2.15. The highest BCUT2D eigenvalue weighted by Crippen LogP contribution is 2.26. The summed E-state index contributed by atoms with van der Waals surface area (Å²) in [6.45, 7) is 7.65. The molecule has 2 atom stereocenters. The van der Waals surface area contributed by atoms with Crippen molar-refractivity contribution in [2.45, 2.75) is 71.9 Å². The molecular formula is C20H33N7O2. The molecule has 160 valence electrons. The summed E-state index contributed by atoms with van der Waals surface area (Å²) in [5, 5.41) is 22.0. The zero-order valence-corrected chi connectivity index (χ0v) is 17.7. The molecule has 0 saturated carbocycles. The van der Waals surface area contributed by atoms with E-state index in [1.165, 1.54) is 0 Å². The van der Waals surface area contributed by atoms with E-state index in [1.807, 2.05) is 20.0 Å². The average molecular weight is 404 g/mol. The summed E-state index contributed by atoms with van der Waals surface area (Å²) in [7, 11) is 0. The Morgan fingerprint density at radius 3 is 2.83 bits per heavy atom. The van der Waals surface area contributed by atoms with Crippen LogP contribution in [0.2, 0.25) is 0 Å². The van der Waals surface area contributed by atoms with Crippen LogP contribution in [0.4, 0.5) is 0 Å². The van der Waals surface area contributed by atoms with Gasteiger partial charge in [0.05, 0.1) is 18.3 Å². The van der Waals surface area contributed by atoms with Gasteiger partial charge in [0.15, 0.2) is 0 Å². The molecule has 1 aliphatic rings. The Morgan fingerprint density at radius 2 is 2.07 bits per heavy atom. The molecule has 0 aromatic carbocycles. The Morgan fingerprint density at radius 1 is 1.24 bits per heavy atom. The molecule has 2 unspecified atom stereocenters. The Balaban J connectivity index is 1.69. The van der Waals surface area contributed by atoms with E-state index in [-0.39, 0.29) is 24.4 Å². The number of carbonyl (C=O) groups excluding carboxylic acids is 2. The van der Waals surface area contributed by atoms with Crippen molar-refractivity contribution < 1.29 is 9.59 Å². The zero-order chi connectivity index (χ0) is 21.1.